The Balaban J connectivity index is 2.18. The first-order valence-electron chi connectivity index (χ1n) is 6.50. The highest BCUT2D eigenvalue weighted by molar-refractivity contribution is 9.10. The van der Waals surface area contributed by atoms with E-state index in [0.29, 0.717) is 22.5 Å². The number of pyridine rings is 1. The summed E-state index contributed by atoms with van der Waals surface area (Å²) in [4.78, 5) is 14.6. The summed E-state index contributed by atoms with van der Waals surface area (Å²) in [6, 6.07) is 0.253. The van der Waals surface area contributed by atoms with Gasteiger partial charge in [0, 0.05) is 18.2 Å². The van der Waals surface area contributed by atoms with E-state index in [4.69, 9.17) is 4.74 Å². The number of nitrogens with one attached hydrogen (secondary N) is 1. The van der Waals surface area contributed by atoms with Crippen molar-refractivity contribution in [2.24, 2.45) is 0 Å². The summed E-state index contributed by atoms with van der Waals surface area (Å²) in [5, 5.41) is 14.2. The maximum absolute atomic E-state index is 10.9. The van der Waals surface area contributed by atoms with E-state index >= 15 is 0 Å². The van der Waals surface area contributed by atoms with Gasteiger partial charge in [0.05, 0.1) is 15.0 Å². The van der Waals surface area contributed by atoms with Gasteiger partial charge in [0.1, 0.15) is 12.0 Å². The number of ether oxygens (including phenoxy) is 1. The van der Waals surface area contributed by atoms with Crippen LogP contribution in [-0.2, 0) is 4.74 Å². The van der Waals surface area contributed by atoms with E-state index in [2.05, 4.69) is 40.1 Å². The van der Waals surface area contributed by atoms with Crippen LogP contribution in [0.2, 0.25) is 0 Å². The first kappa shape index (κ1) is 15.2. The van der Waals surface area contributed by atoms with Gasteiger partial charge in [0.15, 0.2) is 0 Å². The van der Waals surface area contributed by atoms with Crippen LogP contribution in [-0.4, -0.2) is 28.2 Å². The second-order valence-electron chi connectivity index (χ2n) is 5.63. The van der Waals surface area contributed by atoms with E-state index in [1.807, 2.05) is 0 Å². The third-order valence-electron chi connectivity index (χ3n) is 3.47. The van der Waals surface area contributed by atoms with Gasteiger partial charge < -0.3 is 10.1 Å². The van der Waals surface area contributed by atoms with Crippen LogP contribution >= 0.6 is 15.9 Å². The molecule has 7 heteroatoms. The molecule has 1 aliphatic heterocycles. The van der Waals surface area contributed by atoms with Crippen LogP contribution in [0.1, 0.15) is 32.3 Å². The average molecular weight is 344 g/mol. The van der Waals surface area contributed by atoms with Crippen molar-refractivity contribution >= 4 is 27.4 Å². The van der Waals surface area contributed by atoms with Crippen LogP contribution in [0.5, 0.6) is 0 Å². The third kappa shape index (κ3) is 3.27. The normalized spacial score (nSPS) is 21.5. The Labute approximate surface area is 126 Å². The SMILES string of the molecule is Cc1c([N+](=O)[O-])cnc(NC2CCOC(C)(C)C2)c1Br. The predicted octanol–water partition coefficient (Wildman–Crippen LogP) is 3.43. The first-order chi connectivity index (χ1) is 9.30. The van der Waals surface area contributed by atoms with E-state index in [9.17, 15) is 10.1 Å². The lowest BCUT2D eigenvalue weighted by atomic mass is 9.94. The van der Waals surface area contributed by atoms with Crippen molar-refractivity contribution in [1.82, 2.24) is 4.98 Å². The van der Waals surface area contributed by atoms with Crippen LogP contribution in [0, 0.1) is 17.0 Å². The Morgan fingerprint density at radius 2 is 2.30 bits per heavy atom. The molecule has 0 saturated carbocycles. The summed E-state index contributed by atoms with van der Waals surface area (Å²) in [5.74, 6) is 0.649. The minimum absolute atomic E-state index is 0.0229. The van der Waals surface area contributed by atoms with Crippen LogP contribution in [0.3, 0.4) is 0 Å². The minimum Gasteiger partial charge on any atom is -0.375 e. The molecule has 0 aliphatic carbocycles. The van der Waals surface area contributed by atoms with Gasteiger partial charge in [-0.3, -0.25) is 10.1 Å². The molecular formula is C13H18BrN3O3. The molecule has 1 unspecified atom stereocenters. The lowest BCUT2D eigenvalue weighted by molar-refractivity contribution is -0.385. The highest BCUT2D eigenvalue weighted by Crippen LogP contribution is 2.33. The average Bonchev–Trinajstić information content (AvgIpc) is 2.33. The molecule has 110 valence electrons. The maximum atomic E-state index is 10.9. The number of nitrogens with zero attached hydrogens (tertiary/aromatic N) is 2. The fraction of sp³-hybridized carbons (Fsp3) is 0.615. The van der Waals surface area contributed by atoms with Crippen LogP contribution < -0.4 is 5.32 Å². The Morgan fingerprint density at radius 1 is 1.60 bits per heavy atom. The molecule has 1 atom stereocenters. The number of hydrogen-bond donors (Lipinski definition) is 1. The van der Waals surface area contributed by atoms with Gasteiger partial charge >= 0.3 is 0 Å². The van der Waals surface area contributed by atoms with Crippen LogP contribution in [0.4, 0.5) is 11.5 Å². The zero-order valence-electron chi connectivity index (χ0n) is 11.8. The third-order valence-corrected chi connectivity index (χ3v) is 4.44. The van der Waals surface area contributed by atoms with E-state index in [1.54, 1.807) is 6.92 Å². The van der Waals surface area contributed by atoms with Crippen molar-refractivity contribution in [3.05, 3.63) is 26.3 Å². The van der Waals surface area contributed by atoms with Crippen molar-refractivity contribution < 1.29 is 9.66 Å². The topological polar surface area (TPSA) is 77.3 Å². The van der Waals surface area contributed by atoms with E-state index in [-0.39, 0.29) is 17.3 Å². The van der Waals surface area contributed by atoms with Gasteiger partial charge in [-0.15, -0.1) is 0 Å². The van der Waals surface area contributed by atoms with Crippen molar-refractivity contribution in [3.8, 4) is 0 Å². The highest BCUT2D eigenvalue weighted by Gasteiger charge is 2.29. The lowest BCUT2D eigenvalue weighted by Crippen LogP contribution is -2.40. The van der Waals surface area contributed by atoms with Gasteiger partial charge in [-0.1, -0.05) is 0 Å². The molecule has 1 fully saturated rings. The van der Waals surface area contributed by atoms with Crippen LogP contribution in [0.15, 0.2) is 10.7 Å². The Kier molecular flexibility index (Phi) is 4.29. The number of anilines is 1. The zero-order valence-corrected chi connectivity index (χ0v) is 13.4. The summed E-state index contributed by atoms with van der Waals surface area (Å²) in [7, 11) is 0. The van der Waals surface area contributed by atoms with Gasteiger partial charge in [-0.25, -0.2) is 4.98 Å². The monoisotopic (exact) mass is 343 g/mol. The molecule has 1 aromatic rings. The molecule has 0 aromatic carbocycles. The molecular weight excluding hydrogens is 326 g/mol. The summed E-state index contributed by atoms with van der Waals surface area (Å²) in [5.41, 5.74) is 0.451. The molecule has 20 heavy (non-hydrogen) atoms. The minimum atomic E-state index is -0.422. The fourth-order valence-electron chi connectivity index (χ4n) is 2.40. The molecule has 0 spiro atoms. The quantitative estimate of drug-likeness (QED) is 0.671. The molecule has 0 amide bonds. The zero-order chi connectivity index (χ0) is 14.9. The number of aromatic nitrogens is 1. The number of nitro groups is 1. The lowest BCUT2D eigenvalue weighted by Gasteiger charge is -2.36. The first-order valence-corrected chi connectivity index (χ1v) is 7.29. The molecule has 2 rings (SSSR count). The van der Waals surface area contributed by atoms with Crippen molar-refractivity contribution in [1.29, 1.82) is 0 Å². The fourth-order valence-corrected chi connectivity index (χ4v) is 2.82. The van der Waals surface area contributed by atoms with Gasteiger partial charge in [-0.05, 0) is 49.5 Å². The van der Waals surface area contributed by atoms with Gasteiger partial charge in [0.25, 0.3) is 5.69 Å². The van der Waals surface area contributed by atoms with Crippen molar-refractivity contribution in [2.45, 2.75) is 45.3 Å². The molecule has 1 saturated heterocycles. The second-order valence-corrected chi connectivity index (χ2v) is 6.42. The molecule has 0 radical (unpaired) electrons. The molecule has 2 heterocycles. The molecule has 1 aromatic heterocycles. The second kappa shape index (κ2) is 5.65. The largest absolute Gasteiger partial charge is 0.375 e. The molecule has 1 N–H and O–H groups in total. The molecule has 0 bridgehead atoms. The predicted molar refractivity (Wildman–Crippen MR) is 80.0 cm³/mol. The molecule has 1 aliphatic rings. The summed E-state index contributed by atoms with van der Waals surface area (Å²) in [6.45, 7) is 6.53. The maximum Gasteiger partial charge on any atom is 0.291 e. The van der Waals surface area contributed by atoms with E-state index in [0.717, 1.165) is 12.8 Å². The number of hydrogen-bond acceptors (Lipinski definition) is 5. The summed E-state index contributed by atoms with van der Waals surface area (Å²) >= 11 is 3.39. The molecule has 6 nitrogen and oxygen atoms in total. The Hall–Kier alpha value is -1.21. The van der Waals surface area contributed by atoms with Crippen molar-refractivity contribution in [3.63, 3.8) is 0 Å². The van der Waals surface area contributed by atoms with Crippen molar-refractivity contribution in [2.75, 3.05) is 11.9 Å². The van der Waals surface area contributed by atoms with Gasteiger partial charge in [0.2, 0.25) is 0 Å². The Bertz CT molecular complexity index is 534. The number of rotatable bonds is 3. The van der Waals surface area contributed by atoms with E-state index in [1.165, 1.54) is 6.20 Å². The standard InChI is InChI=1S/C13H18BrN3O3/c1-8-10(17(18)19)7-15-12(11(8)14)16-9-4-5-20-13(2,3)6-9/h7,9H,4-6H2,1-3H3,(H,15,16). The summed E-state index contributed by atoms with van der Waals surface area (Å²) in [6.07, 6.45) is 3.07. The Morgan fingerprint density at radius 3 is 2.90 bits per heavy atom. The van der Waals surface area contributed by atoms with Gasteiger partial charge in [-0.2, -0.15) is 0 Å². The smallest absolute Gasteiger partial charge is 0.291 e. The summed E-state index contributed by atoms with van der Waals surface area (Å²) < 4.78 is 6.33. The highest BCUT2D eigenvalue weighted by atomic mass is 79.9. The van der Waals surface area contributed by atoms with E-state index < -0.39 is 4.92 Å². The number of halogens is 1. The van der Waals surface area contributed by atoms with Crippen LogP contribution in [0.25, 0.3) is 0 Å².